The number of nitrogens with zero attached hydrogens (tertiary/aromatic N) is 1. The van der Waals surface area contributed by atoms with Crippen LogP contribution in [-0.4, -0.2) is 54.9 Å². The number of urea groups is 1. The van der Waals surface area contributed by atoms with Crippen molar-refractivity contribution in [2.24, 2.45) is 5.92 Å². The number of hydrogen-bond donors (Lipinski definition) is 2. The molecule has 0 saturated carbocycles. The van der Waals surface area contributed by atoms with Gasteiger partial charge in [0.05, 0.1) is 13.0 Å². The van der Waals surface area contributed by atoms with E-state index in [0.29, 0.717) is 19.7 Å². The van der Waals surface area contributed by atoms with Gasteiger partial charge in [0.15, 0.2) is 0 Å². The average Bonchev–Trinajstić information content (AvgIpc) is 2.38. The predicted octanol–water partition coefficient (Wildman–Crippen LogP) is 1.47. The lowest BCUT2D eigenvalue weighted by atomic mass is 10.0. The summed E-state index contributed by atoms with van der Waals surface area (Å²) in [7, 11) is 1.65. The highest BCUT2D eigenvalue weighted by Gasteiger charge is 2.23. The number of hydrogen-bond acceptors (Lipinski definition) is 3. The molecule has 0 aliphatic carbocycles. The molecule has 0 bridgehead atoms. The molecule has 6 nitrogen and oxygen atoms in total. The van der Waals surface area contributed by atoms with E-state index in [1.165, 1.54) is 5.57 Å². The Kier molecular flexibility index (Phi) is 6.51. The quantitative estimate of drug-likeness (QED) is 0.724. The number of rotatable bonds is 6. The summed E-state index contributed by atoms with van der Waals surface area (Å²) in [5, 5.41) is 11.7. The van der Waals surface area contributed by atoms with Crippen LogP contribution in [0, 0.1) is 5.92 Å². The lowest BCUT2D eigenvalue weighted by Crippen LogP contribution is -2.48. The molecule has 0 radical (unpaired) electrons. The van der Waals surface area contributed by atoms with Crippen LogP contribution in [0.25, 0.3) is 0 Å². The molecule has 6 heteroatoms. The van der Waals surface area contributed by atoms with E-state index in [9.17, 15) is 9.59 Å². The lowest BCUT2D eigenvalue weighted by Gasteiger charge is -2.29. The van der Waals surface area contributed by atoms with Gasteiger partial charge in [0, 0.05) is 26.2 Å². The highest BCUT2D eigenvalue weighted by Crippen LogP contribution is 2.12. The van der Waals surface area contributed by atoms with E-state index in [0.717, 1.165) is 6.42 Å². The zero-order chi connectivity index (χ0) is 15.1. The molecule has 1 aliphatic rings. The van der Waals surface area contributed by atoms with Gasteiger partial charge in [0.2, 0.25) is 0 Å². The van der Waals surface area contributed by atoms with E-state index in [-0.39, 0.29) is 24.4 Å². The van der Waals surface area contributed by atoms with E-state index in [4.69, 9.17) is 9.84 Å². The first kappa shape index (κ1) is 16.5. The third-order valence-corrected chi connectivity index (χ3v) is 3.43. The third kappa shape index (κ3) is 5.21. The van der Waals surface area contributed by atoms with Gasteiger partial charge in [-0.25, -0.2) is 4.79 Å². The van der Waals surface area contributed by atoms with Crippen LogP contribution in [0.3, 0.4) is 0 Å². The fraction of sp³-hybridized carbons (Fsp3) is 0.714. The van der Waals surface area contributed by atoms with Crippen molar-refractivity contribution < 1.29 is 19.4 Å². The van der Waals surface area contributed by atoms with Crippen molar-refractivity contribution in [3.05, 3.63) is 11.6 Å². The minimum atomic E-state index is -0.898. The molecule has 20 heavy (non-hydrogen) atoms. The Balaban J connectivity index is 2.52. The molecule has 0 saturated heterocycles. The summed E-state index contributed by atoms with van der Waals surface area (Å²) in [4.78, 5) is 24.6. The van der Waals surface area contributed by atoms with Crippen LogP contribution in [0.15, 0.2) is 11.6 Å². The fourth-order valence-corrected chi connectivity index (χ4v) is 2.10. The summed E-state index contributed by atoms with van der Waals surface area (Å²) >= 11 is 0. The number of amides is 2. The highest BCUT2D eigenvalue weighted by molar-refractivity contribution is 5.76. The van der Waals surface area contributed by atoms with Gasteiger partial charge in [0.1, 0.15) is 0 Å². The van der Waals surface area contributed by atoms with E-state index in [1.54, 1.807) is 12.0 Å². The lowest BCUT2D eigenvalue weighted by molar-refractivity contribution is -0.137. The standard InChI is InChI=1S/C14H24N2O4/c1-10(2)12(8-13(17)18)15-14(19)16-6-4-11(5-7-16)9-20-3/h4,10,12H,5-9H2,1-3H3,(H,15,19)(H,17,18). The van der Waals surface area contributed by atoms with Crippen LogP contribution in [0.5, 0.6) is 0 Å². The van der Waals surface area contributed by atoms with Gasteiger partial charge in [-0.15, -0.1) is 0 Å². The number of methoxy groups -OCH3 is 1. The van der Waals surface area contributed by atoms with Crippen LogP contribution < -0.4 is 5.32 Å². The number of ether oxygens (including phenoxy) is 1. The van der Waals surface area contributed by atoms with Crippen LogP contribution in [0.1, 0.15) is 26.7 Å². The molecule has 1 atom stereocenters. The Bertz CT molecular complexity index is 379. The van der Waals surface area contributed by atoms with Crippen molar-refractivity contribution in [1.82, 2.24) is 10.2 Å². The van der Waals surface area contributed by atoms with Crippen molar-refractivity contribution in [2.75, 3.05) is 26.8 Å². The molecular formula is C14H24N2O4. The molecule has 2 N–H and O–H groups in total. The second kappa shape index (κ2) is 7.89. The highest BCUT2D eigenvalue weighted by atomic mass is 16.5. The third-order valence-electron chi connectivity index (χ3n) is 3.43. The van der Waals surface area contributed by atoms with Gasteiger partial charge in [-0.3, -0.25) is 4.79 Å². The smallest absolute Gasteiger partial charge is 0.317 e. The molecule has 0 aromatic heterocycles. The Labute approximate surface area is 119 Å². The normalized spacial score (nSPS) is 16.8. The molecule has 0 spiro atoms. The zero-order valence-electron chi connectivity index (χ0n) is 12.4. The first-order valence-corrected chi connectivity index (χ1v) is 6.88. The molecular weight excluding hydrogens is 260 g/mol. The number of carbonyl (C=O) groups excluding carboxylic acids is 1. The maximum absolute atomic E-state index is 12.1. The first-order chi connectivity index (χ1) is 9.43. The fourth-order valence-electron chi connectivity index (χ4n) is 2.10. The van der Waals surface area contributed by atoms with Crippen molar-refractivity contribution in [1.29, 1.82) is 0 Å². The first-order valence-electron chi connectivity index (χ1n) is 6.88. The van der Waals surface area contributed by atoms with Gasteiger partial charge < -0.3 is 20.1 Å². The Morgan fingerprint density at radius 2 is 2.20 bits per heavy atom. The van der Waals surface area contributed by atoms with E-state index in [2.05, 4.69) is 5.32 Å². The maximum Gasteiger partial charge on any atom is 0.317 e. The Morgan fingerprint density at radius 1 is 1.50 bits per heavy atom. The molecule has 2 amide bonds. The molecule has 1 rings (SSSR count). The summed E-state index contributed by atoms with van der Waals surface area (Å²) in [5.74, 6) is -0.815. The SMILES string of the molecule is COCC1=CCN(C(=O)NC(CC(=O)O)C(C)C)CC1. The number of nitrogens with one attached hydrogen (secondary N) is 1. The van der Waals surface area contributed by atoms with Crippen LogP contribution in [-0.2, 0) is 9.53 Å². The summed E-state index contributed by atoms with van der Waals surface area (Å²) in [6.07, 6.45) is 2.74. The minimum Gasteiger partial charge on any atom is -0.481 e. The Hall–Kier alpha value is -1.56. The van der Waals surface area contributed by atoms with Crippen LogP contribution in [0.2, 0.25) is 0 Å². The molecule has 1 heterocycles. The summed E-state index contributed by atoms with van der Waals surface area (Å²) in [5.41, 5.74) is 1.20. The van der Waals surface area contributed by atoms with Crippen molar-refractivity contribution >= 4 is 12.0 Å². The van der Waals surface area contributed by atoms with Gasteiger partial charge in [0.25, 0.3) is 0 Å². The molecule has 0 aromatic rings. The Morgan fingerprint density at radius 3 is 2.65 bits per heavy atom. The predicted molar refractivity (Wildman–Crippen MR) is 75.6 cm³/mol. The molecule has 0 aromatic carbocycles. The van der Waals surface area contributed by atoms with Gasteiger partial charge in [-0.05, 0) is 17.9 Å². The number of carbonyl (C=O) groups is 2. The second-order valence-corrected chi connectivity index (χ2v) is 5.39. The van der Waals surface area contributed by atoms with Gasteiger partial charge >= 0.3 is 12.0 Å². The van der Waals surface area contributed by atoms with E-state index in [1.807, 2.05) is 19.9 Å². The summed E-state index contributed by atoms with van der Waals surface area (Å²) in [6, 6.07) is -0.540. The summed E-state index contributed by atoms with van der Waals surface area (Å²) < 4.78 is 5.06. The van der Waals surface area contributed by atoms with Gasteiger partial charge in [-0.2, -0.15) is 0 Å². The number of carboxylic acid groups (broad SMARTS) is 1. The van der Waals surface area contributed by atoms with Crippen molar-refractivity contribution in [3.63, 3.8) is 0 Å². The second-order valence-electron chi connectivity index (χ2n) is 5.39. The average molecular weight is 284 g/mol. The van der Waals surface area contributed by atoms with E-state index >= 15 is 0 Å². The molecule has 1 aliphatic heterocycles. The zero-order valence-corrected chi connectivity index (χ0v) is 12.4. The van der Waals surface area contributed by atoms with Gasteiger partial charge in [-0.1, -0.05) is 19.9 Å². The van der Waals surface area contributed by atoms with Crippen LogP contribution in [0.4, 0.5) is 4.79 Å². The number of aliphatic carboxylic acids is 1. The molecule has 114 valence electrons. The molecule has 1 unspecified atom stereocenters. The molecule has 0 fully saturated rings. The van der Waals surface area contributed by atoms with E-state index < -0.39 is 5.97 Å². The van der Waals surface area contributed by atoms with Crippen LogP contribution >= 0.6 is 0 Å². The summed E-state index contributed by atoms with van der Waals surface area (Å²) in [6.45, 7) is 5.59. The van der Waals surface area contributed by atoms with Crippen molar-refractivity contribution in [3.8, 4) is 0 Å². The minimum absolute atomic E-state index is 0.0536. The number of carboxylic acids is 1. The largest absolute Gasteiger partial charge is 0.481 e. The topological polar surface area (TPSA) is 78.9 Å². The maximum atomic E-state index is 12.1. The van der Waals surface area contributed by atoms with Crippen molar-refractivity contribution in [2.45, 2.75) is 32.7 Å². The monoisotopic (exact) mass is 284 g/mol.